The summed E-state index contributed by atoms with van der Waals surface area (Å²) in [6.45, 7) is 5.57. The Bertz CT molecular complexity index is 110. The molecular weight excluding hydrogens is 233 g/mol. The average Bonchev–Trinajstić information content (AvgIpc) is 1.90. The fourth-order valence-electron chi connectivity index (χ4n) is 1.21. The Balaban J connectivity index is 4.54. The highest BCUT2D eigenvalue weighted by Crippen LogP contribution is 2.72. The molecule has 0 nitrogen and oxygen atoms in total. The van der Waals surface area contributed by atoms with Crippen molar-refractivity contribution < 1.29 is 8.78 Å². The van der Waals surface area contributed by atoms with Crippen LogP contribution in [-0.4, -0.2) is 23.1 Å². The van der Waals surface area contributed by atoms with Crippen LogP contribution in [0.5, 0.6) is 0 Å². The molecule has 0 unspecified atom stereocenters. The zero-order chi connectivity index (χ0) is 9.12. The minimum Gasteiger partial charge on any atom is -0.156 e. The molecule has 0 rings (SSSR count). The van der Waals surface area contributed by atoms with Gasteiger partial charge in [0.25, 0.3) is 0 Å². The molecule has 0 aromatic carbocycles. The van der Waals surface area contributed by atoms with Gasteiger partial charge in [0.05, 0.1) is 25.7 Å². The third kappa shape index (κ3) is 2.35. The molecule has 0 saturated carbocycles. The molecule has 0 aliphatic carbocycles. The van der Waals surface area contributed by atoms with E-state index < -0.39 is 11.8 Å². The lowest BCUT2D eigenvalue weighted by Crippen LogP contribution is -2.19. The van der Waals surface area contributed by atoms with Crippen molar-refractivity contribution in [2.75, 3.05) is 18.5 Å². The number of hydrogen-bond donors (Lipinski definition) is 0. The highest BCUT2D eigenvalue weighted by molar-refractivity contribution is 9.11. The fourth-order valence-corrected chi connectivity index (χ4v) is 5.88. The number of alkyl halides is 3. The van der Waals surface area contributed by atoms with Gasteiger partial charge in [-0.2, -0.15) is 8.78 Å². The molecule has 0 N–H and O–H groups in total. The summed E-state index contributed by atoms with van der Waals surface area (Å²) in [6.07, 6.45) is 1.87. The van der Waals surface area contributed by atoms with Crippen LogP contribution >= 0.6 is 23.2 Å². The standard InChI is InChI=1S/C7H15BrF2P/c1-4-11(5-2,6-3)7(8,9)10/h4-6H2,1-3H3/q+1. The van der Waals surface area contributed by atoms with E-state index in [2.05, 4.69) is 15.9 Å². The van der Waals surface area contributed by atoms with Crippen molar-refractivity contribution in [2.45, 2.75) is 25.3 Å². The van der Waals surface area contributed by atoms with E-state index in [0.717, 1.165) is 0 Å². The average molecular weight is 248 g/mol. The third-order valence-corrected chi connectivity index (χ3v) is 9.32. The highest BCUT2D eigenvalue weighted by atomic mass is 79.9. The molecule has 0 saturated heterocycles. The first-order chi connectivity index (χ1) is 4.93. The lowest BCUT2D eigenvalue weighted by molar-refractivity contribution is 0.208. The molecule has 0 spiro atoms. The van der Waals surface area contributed by atoms with Gasteiger partial charge in [-0.3, -0.25) is 0 Å². The van der Waals surface area contributed by atoms with Crippen LogP contribution in [0, 0.1) is 0 Å². The lowest BCUT2D eigenvalue weighted by Gasteiger charge is -2.27. The maximum absolute atomic E-state index is 13.0. The van der Waals surface area contributed by atoms with E-state index in [1.54, 1.807) is 0 Å². The maximum atomic E-state index is 13.0. The monoisotopic (exact) mass is 247 g/mol. The summed E-state index contributed by atoms with van der Waals surface area (Å²) in [7, 11) is -2.04. The lowest BCUT2D eigenvalue weighted by atomic mass is 10.9. The van der Waals surface area contributed by atoms with Crippen molar-refractivity contribution in [2.24, 2.45) is 0 Å². The molecule has 0 atom stereocenters. The highest BCUT2D eigenvalue weighted by Gasteiger charge is 2.55. The minimum atomic E-state index is -2.61. The molecule has 0 heterocycles. The van der Waals surface area contributed by atoms with E-state index in [4.69, 9.17) is 0 Å². The Morgan fingerprint density at radius 1 is 1.09 bits per heavy atom. The predicted molar refractivity (Wildman–Crippen MR) is 52.4 cm³/mol. The summed E-state index contributed by atoms with van der Waals surface area (Å²) in [4.78, 5) is 0. The van der Waals surface area contributed by atoms with Gasteiger partial charge in [0.15, 0.2) is 0 Å². The van der Waals surface area contributed by atoms with Crippen molar-refractivity contribution in [1.29, 1.82) is 0 Å². The van der Waals surface area contributed by atoms with E-state index in [9.17, 15) is 8.78 Å². The van der Waals surface area contributed by atoms with E-state index in [1.165, 1.54) is 0 Å². The zero-order valence-corrected chi connectivity index (χ0v) is 9.68. The van der Waals surface area contributed by atoms with Gasteiger partial charge in [-0.1, -0.05) is 0 Å². The van der Waals surface area contributed by atoms with Crippen LogP contribution in [0.1, 0.15) is 20.8 Å². The Morgan fingerprint density at radius 2 is 1.36 bits per heavy atom. The first kappa shape index (κ1) is 11.8. The van der Waals surface area contributed by atoms with Crippen LogP contribution in [0.25, 0.3) is 0 Å². The number of rotatable bonds is 4. The third-order valence-electron chi connectivity index (χ3n) is 2.35. The molecule has 0 bridgehead atoms. The van der Waals surface area contributed by atoms with Gasteiger partial charge < -0.3 is 0 Å². The van der Waals surface area contributed by atoms with Gasteiger partial charge in [-0.25, -0.2) is 0 Å². The number of hydrogen-bond acceptors (Lipinski definition) is 0. The van der Waals surface area contributed by atoms with Gasteiger partial charge in [-0.15, -0.1) is 0 Å². The predicted octanol–water partition coefficient (Wildman–Crippen LogP) is 4.01. The summed E-state index contributed by atoms with van der Waals surface area (Å²) in [6, 6.07) is 0. The van der Waals surface area contributed by atoms with Crippen molar-refractivity contribution >= 4 is 23.2 Å². The van der Waals surface area contributed by atoms with Gasteiger partial charge in [0.2, 0.25) is 0 Å². The van der Waals surface area contributed by atoms with Crippen LogP contribution in [0.4, 0.5) is 8.78 Å². The molecule has 0 aliphatic heterocycles. The summed E-state index contributed by atoms with van der Waals surface area (Å²) in [5, 5.41) is 0. The molecule has 0 radical (unpaired) electrons. The molecule has 0 aromatic rings. The summed E-state index contributed by atoms with van der Waals surface area (Å²) < 4.78 is 23.4. The van der Waals surface area contributed by atoms with Crippen LogP contribution in [0.2, 0.25) is 0 Å². The summed E-state index contributed by atoms with van der Waals surface area (Å²) in [5.41, 5.74) is 0. The van der Waals surface area contributed by atoms with Gasteiger partial charge in [0.1, 0.15) is 0 Å². The van der Waals surface area contributed by atoms with E-state index in [0.29, 0.717) is 18.5 Å². The summed E-state index contributed by atoms with van der Waals surface area (Å²) >= 11 is 2.50. The van der Waals surface area contributed by atoms with E-state index in [1.807, 2.05) is 20.8 Å². The van der Waals surface area contributed by atoms with Crippen LogP contribution in [-0.2, 0) is 0 Å². The van der Waals surface area contributed by atoms with Crippen molar-refractivity contribution in [3.05, 3.63) is 0 Å². The fraction of sp³-hybridized carbons (Fsp3) is 1.00. The Morgan fingerprint density at radius 3 is 1.36 bits per heavy atom. The van der Waals surface area contributed by atoms with Crippen molar-refractivity contribution in [1.82, 2.24) is 0 Å². The molecule has 0 aliphatic rings. The topological polar surface area (TPSA) is 0 Å². The normalized spacial score (nSPS) is 13.6. The molecule has 11 heavy (non-hydrogen) atoms. The molecule has 68 valence electrons. The van der Waals surface area contributed by atoms with Gasteiger partial charge in [-0.05, 0) is 20.8 Å². The zero-order valence-electron chi connectivity index (χ0n) is 7.20. The first-order valence-corrected chi connectivity index (χ1v) is 7.00. The van der Waals surface area contributed by atoms with Crippen LogP contribution in [0.3, 0.4) is 0 Å². The van der Waals surface area contributed by atoms with Gasteiger partial charge >= 0.3 is 4.57 Å². The molecule has 0 aromatic heterocycles. The molecule has 0 amide bonds. The van der Waals surface area contributed by atoms with Crippen LogP contribution in [0.15, 0.2) is 0 Å². The van der Waals surface area contributed by atoms with E-state index in [-0.39, 0.29) is 0 Å². The van der Waals surface area contributed by atoms with Crippen LogP contribution < -0.4 is 0 Å². The quantitative estimate of drug-likeness (QED) is 0.520. The summed E-state index contributed by atoms with van der Waals surface area (Å²) in [5.74, 6) is 0. The Labute approximate surface area is 76.2 Å². The molecule has 4 heteroatoms. The Hall–Kier alpha value is 0.770. The maximum Gasteiger partial charge on any atom is 0.408 e. The van der Waals surface area contributed by atoms with E-state index >= 15 is 0 Å². The molecular formula is C7H15BrF2P+. The minimum absolute atomic E-state index is 0.623. The largest absolute Gasteiger partial charge is 0.408 e. The number of halogens is 3. The second-order valence-electron chi connectivity index (χ2n) is 2.56. The smallest absolute Gasteiger partial charge is 0.156 e. The van der Waals surface area contributed by atoms with Crippen molar-refractivity contribution in [3.63, 3.8) is 0 Å². The van der Waals surface area contributed by atoms with Crippen molar-refractivity contribution in [3.8, 4) is 0 Å². The SMILES string of the molecule is CC[P+](CC)(CC)C(F)(F)Br. The second kappa shape index (κ2) is 4.13. The van der Waals surface area contributed by atoms with Gasteiger partial charge in [0, 0.05) is 15.9 Å². The second-order valence-corrected chi connectivity index (χ2v) is 8.92. The Kier molecular flexibility index (Phi) is 4.42. The first-order valence-electron chi connectivity index (χ1n) is 3.86. The molecule has 0 fully saturated rings.